The van der Waals surface area contributed by atoms with E-state index in [-0.39, 0.29) is 30.1 Å². The molecule has 0 aromatic heterocycles. The summed E-state index contributed by atoms with van der Waals surface area (Å²) in [7, 11) is 1.65. The van der Waals surface area contributed by atoms with Gasteiger partial charge in [0.1, 0.15) is 17.5 Å². The molecule has 230 valence electrons. The highest BCUT2D eigenvalue weighted by Gasteiger charge is 2.38. The zero-order valence-electron chi connectivity index (χ0n) is 25.7. The predicted octanol–water partition coefficient (Wildman–Crippen LogP) is 4.69. The van der Waals surface area contributed by atoms with Gasteiger partial charge in [-0.3, -0.25) is 14.5 Å². The summed E-state index contributed by atoms with van der Waals surface area (Å²) >= 11 is 0. The molecule has 0 bridgehead atoms. The van der Waals surface area contributed by atoms with Crippen LogP contribution < -0.4 is 10.6 Å². The third kappa shape index (κ3) is 8.54. The standard InChI is InChI=1S/C34H43FN4O4/c1-6-28-22-38(30(31(40)36-5)21-24-11-14-25-9-7-8-10-26(25)19-24)17-18-39(28)32(41)29(37-33(42)43-34(2,3)4)20-23-12-15-27(35)16-13-23/h7-16,19,28-30H,6,17-18,20-22H2,1-5H3,(H,36,40)(H,37,42)/t28-,29+,30-/m0/s1. The largest absolute Gasteiger partial charge is 0.444 e. The van der Waals surface area contributed by atoms with Crippen LogP contribution in [0.25, 0.3) is 10.8 Å². The summed E-state index contributed by atoms with van der Waals surface area (Å²) in [6.45, 7) is 8.72. The van der Waals surface area contributed by atoms with Crippen LogP contribution in [0.5, 0.6) is 0 Å². The van der Waals surface area contributed by atoms with Crippen molar-refractivity contribution in [2.45, 2.75) is 70.7 Å². The maximum atomic E-state index is 14.0. The fourth-order valence-corrected chi connectivity index (χ4v) is 5.65. The van der Waals surface area contributed by atoms with E-state index in [9.17, 15) is 18.8 Å². The number of fused-ring (bicyclic) bond motifs is 1. The van der Waals surface area contributed by atoms with Crippen molar-refractivity contribution in [3.05, 3.63) is 83.7 Å². The lowest BCUT2D eigenvalue weighted by molar-refractivity contribution is -0.140. The molecule has 2 N–H and O–H groups in total. The van der Waals surface area contributed by atoms with Gasteiger partial charge in [-0.2, -0.15) is 0 Å². The molecule has 0 saturated carbocycles. The Morgan fingerprint density at radius 1 is 0.953 bits per heavy atom. The van der Waals surface area contributed by atoms with E-state index in [1.54, 1.807) is 44.9 Å². The SMILES string of the molecule is CC[C@H]1CN([C@@H](Cc2ccc3ccccc3c2)C(=O)NC)CCN1C(=O)[C@@H](Cc1ccc(F)cc1)NC(=O)OC(C)(C)C. The number of ether oxygens (including phenoxy) is 1. The summed E-state index contributed by atoms with van der Waals surface area (Å²) in [5, 5.41) is 7.87. The second kappa shape index (κ2) is 14.0. The molecule has 8 nitrogen and oxygen atoms in total. The number of benzene rings is 3. The maximum absolute atomic E-state index is 14.0. The first-order valence-electron chi connectivity index (χ1n) is 14.9. The lowest BCUT2D eigenvalue weighted by Gasteiger charge is -2.44. The smallest absolute Gasteiger partial charge is 0.408 e. The Labute approximate surface area is 253 Å². The van der Waals surface area contributed by atoms with E-state index in [0.717, 1.165) is 21.9 Å². The minimum absolute atomic E-state index is 0.0661. The maximum Gasteiger partial charge on any atom is 0.408 e. The van der Waals surface area contributed by atoms with Crippen LogP contribution in [0.3, 0.4) is 0 Å². The number of alkyl carbamates (subject to hydrolysis) is 1. The summed E-state index contributed by atoms with van der Waals surface area (Å²) in [6, 6.07) is 18.9. The van der Waals surface area contributed by atoms with Crippen LogP contribution >= 0.6 is 0 Å². The number of hydrogen-bond acceptors (Lipinski definition) is 5. The van der Waals surface area contributed by atoms with E-state index in [2.05, 4.69) is 45.9 Å². The number of likely N-dealkylation sites (N-methyl/N-ethyl adjacent to an activating group) is 1. The zero-order chi connectivity index (χ0) is 31.1. The molecule has 4 rings (SSSR count). The molecule has 0 radical (unpaired) electrons. The predicted molar refractivity (Wildman–Crippen MR) is 166 cm³/mol. The number of rotatable bonds is 9. The molecule has 43 heavy (non-hydrogen) atoms. The molecular weight excluding hydrogens is 547 g/mol. The van der Waals surface area contributed by atoms with E-state index in [1.807, 2.05) is 19.1 Å². The van der Waals surface area contributed by atoms with Gasteiger partial charge in [-0.1, -0.05) is 61.5 Å². The number of halogens is 1. The van der Waals surface area contributed by atoms with Gasteiger partial charge in [-0.15, -0.1) is 0 Å². The molecule has 1 aliphatic heterocycles. The van der Waals surface area contributed by atoms with Gasteiger partial charge in [0, 0.05) is 39.1 Å². The lowest BCUT2D eigenvalue weighted by atomic mass is 9.97. The van der Waals surface area contributed by atoms with Crippen molar-refractivity contribution in [2.75, 3.05) is 26.7 Å². The monoisotopic (exact) mass is 590 g/mol. The van der Waals surface area contributed by atoms with Crippen LogP contribution in [0.4, 0.5) is 9.18 Å². The molecule has 9 heteroatoms. The fraction of sp³-hybridized carbons (Fsp3) is 0.441. The fourth-order valence-electron chi connectivity index (χ4n) is 5.65. The van der Waals surface area contributed by atoms with Gasteiger partial charge >= 0.3 is 6.09 Å². The Hall–Kier alpha value is -3.98. The van der Waals surface area contributed by atoms with Gasteiger partial charge in [-0.05, 0) is 67.6 Å². The van der Waals surface area contributed by atoms with Crippen LogP contribution in [0.1, 0.15) is 45.2 Å². The Morgan fingerprint density at radius 3 is 2.28 bits per heavy atom. The van der Waals surface area contributed by atoms with E-state index in [0.29, 0.717) is 32.5 Å². The molecule has 1 aliphatic rings. The topological polar surface area (TPSA) is 91.0 Å². The molecule has 3 aromatic rings. The molecule has 1 heterocycles. The number of piperazine rings is 1. The highest BCUT2D eigenvalue weighted by atomic mass is 19.1. The summed E-state index contributed by atoms with van der Waals surface area (Å²) < 4.78 is 19.0. The molecule has 3 atom stereocenters. The molecule has 1 saturated heterocycles. The van der Waals surface area contributed by atoms with E-state index in [1.165, 1.54) is 12.1 Å². The normalized spacial score (nSPS) is 17.3. The van der Waals surface area contributed by atoms with Crippen molar-refractivity contribution in [2.24, 2.45) is 0 Å². The Balaban J connectivity index is 1.52. The number of nitrogens with one attached hydrogen (secondary N) is 2. The van der Waals surface area contributed by atoms with E-state index < -0.39 is 23.8 Å². The average Bonchev–Trinajstić information content (AvgIpc) is 2.98. The Kier molecular flexibility index (Phi) is 10.4. The van der Waals surface area contributed by atoms with Gasteiger partial charge in [0.25, 0.3) is 0 Å². The molecular formula is C34H43FN4O4. The van der Waals surface area contributed by atoms with Gasteiger partial charge in [0.2, 0.25) is 11.8 Å². The number of hydrogen-bond donors (Lipinski definition) is 2. The van der Waals surface area contributed by atoms with Crippen LogP contribution in [0, 0.1) is 5.82 Å². The van der Waals surface area contributed by atoms with Gasteiger partial charge in [0.15, 0.2) is 0 Å². The van der Waals surface area contributed by atoms with Crippen LogP contribution in [0.2, 0.25) is 0 Å². The van der Waals surface area contributed by atoms with E-state index in [4.69, 9.17) is 4.74 Å². The van der Waals surface area contributed by atoms with Crippen LogP contribution in [-0.4, -0.2) is 78.1 Å². The van der Waals surface area contributed by atoms with Gasteiger partial charge in [0.05, 0.1) is 6.04 Å². The highest BCUT2D eigenvalue weighted by Crippen LogP contribution is 2.22. The molecule has 3 aromatic carbocycles. The van der Waals surface area contributed by atoms with E-state index >= 15 is 0 Å². The first-order valence-corrected chi connectivity index (χ1v) is 14.9. The van der Waals surface area contributed by atoms with Crippen molar-refractivity contribution < 1.29 is 23.5 Å². The number of carbonyl (C=O) groups excluding carboxylic acids is 3. The molecule has 3 amide bonds. The molecule has 1 fully saturated rings. The quantitative estimate of drug-likeness (QED) is 0.377. The Bertz CT molecular complexity index is 1420. The second-order valence-corrected chi connectivity index (χ2v) is 12.1. The highest BCUT2D eigenvalue weighted by molar-refractivity contribution is 5.87. The minimum Gasteiger partial charge on any atom is -0.444 e. The number of nitrogens with zero attached hydrogens (tertiary/aromatic N) is 2. The van der Waals surface area contributed by atoms with Gasteiger partial charge < -0.3 is 20.3 Å². The summed E-state index contributed by atoms with van der Waals surface area (Å²) in [6.07, 6.45) is 0.726. The van der Waals surface area contributed by atoms with Crippen LogP contribution in [0.15, 0.2) is 66.7 Å². The number of amides is 3. The summed E-state index contributed by atoms with van der Waals surface area (Å²) in [4.78, 5) is 43.8. The first kappa shape index (κ1) is 31.9. The molecule has 0 spiro atoms. The number of carbonyl (C=O) groups is 3. The third-order valence-corrected chi connectivity index (χ3v) is 7.84. The zero-order valence-corrected chi connectivity index (χ0v) is 25.7. The lowest BCUT2D eigenvalue weighted by Crippen LogP contribution is -2.63. The van der Waals surface area contributed by atoms with Crippen molar-refractivity contribution in [3.8, 4) is 0 Å². The van der Waals surface area contributed by atoms with Crippen molar-refractivity contribution >= 4 is 28.7 Å². The van der Waals surface area contributed by atoms with Crippen molar-refractivity contribution in [1.82, 2.24) is 20.4 Å². The third-order valence-electron chi connectivity index (χ3n) is 7.84. The molecule has 0 unspecified atom stereocenters. The molecule has 0 aliphatic carbocycles. The second-order valence-electron chi connectivity index (χ2n) is 12.1. The summed E-state index contributed by atoms with van der Waals surface area (Å²) in [5.74, 6) is -0.667. The Morgan fingerprint density at radius 2 is 1.63 bits per heavy atom. The average molecular weight is 591 g/mol. The van der Waals surface area contributed by atoms with Crippen molar-refractivity contribution in [3.63, 3.8) is 0 Å². The summed E-state index contributed by atoms with van der Waals surface area (Å²) in [5.41, 5.74) is 1.06. The first-order chi connectivity index (χ1) is 20.5. The van der Waals surface area contributed by atoms with Crippen LogP contribution in [-0.2, 0) is 27.2 Å². The van der Waals surface area contributed by atoms with Crippen molar-refractivity contribution in [1.29, 1.82) is 0 Å². The van der Waals surface area contributed by atoms with Gasteiger partial charge in [-0.25, -0.2) is 9.18 Å². The minimum atomic E-state index is -0.895.